The van der Waals surface area contributed by atoms with Crippen molar-refractivity contribution in [2.45, 2.75) is 63.3 Å². The highest BCUT2D eigenvalue weighted by atomic mass is 16.5. The van der Waals surface area contributed by atoms with Crippen molar-refractivity contribution >= 4 is 0 Å². The lowest BCUT2D eigenvalue weighted by Crippen LogP contribution is -2.37. The number of aromatic nitrogens is 2. The Bertz CT molecular complexity index is 427. The first-order valence-corrected chi connectivity index (χ1v) is 7.94. The van der Waals surface area contributed by atoms with E-state index in [9.17, 15) is 0 Å². The van der Waals surface area contributed by atoms with E-state index in [-0.39, 0.29) is 12.0 Å². The van der Waals surface area contributed by atoms with Crippen molar-refractivity contribution in [1.29, 1.82) is 0 Å². The minimum atomic E-state index is 0.0666. The van der Waals surface area contributed by atoms with Crippen LogP contribution in [0.15, 0.2) is 4.52 Å². The van der Waals surface area contributed by atoms with E-state index in [1.54, 1.807) is 0 Å². The molecule has 2 atom stereocenters. The molecule has 112 valence electrons. The van der Waals surface area contributed by atoms with Gasteiger partial charge in [-0.15, -0.1) is 0 Å². The summed E-state index contributed by atoms with van der Waals surface area (Å²) in [4.78, 5) is 4.62. The molecule has 1 aliphatic heterocycles. The van der Waals surface area contributed by atoms with Gasteiger partial charge in [0.05, 0.1) is 12.5 Å². The molecule has 1 aromatic rings. The normalized spacial score (nSPS) is 35.1. The van der Waals surface area contributed by atoms with Crippen molar-refractivity contribution in [2.75, 3.05) is 13.2 Å². The lowest BCUT2D eigenvalue weighted by molar-refractivity contribution is 0.0590. The Balaban J connectivity index is 1.64. The summed E-state index contributed by atoms with van der Waals surface area (Å²) >= 11 is 0. The Hall–Kier alpha value is -0.940. The third-order valence-corrected chi connectivity index (χ3v) is 4.97. The van der Waals surface area contributed by atoms with Gasteiger partial charge in [0.2, 0.25) is 5.89 Å². The maximum atomic E-state index is 6.13. The van der Waals surface area contributed by atoms with Crippen molar-refractivity contribution in [3.63, 3.8) is 0 Å². The van der Waals surface area contributed by atoms with Crippen molar-refractivity contribution < 1.29 is 9.26 Å². The minimum absolute atomic E-state index is 0.0666. The van der Waals surface area contributed by atoms with Gasteiger partial charge in [0, 0.05) is 18.6 Å². The molecule has 5 nitrogen and oxygen atoms in total. The molecular formula is C15H25N3O2. The van der Waals surface area contributed by atoms with Crippen LogP contribution in [0.4, 0.5) is 0 Å². The van der Waals surface area contributed by atoms with Crippen LogP contribution in [0.2, 0.25) is 0 Å². The molecular weight excluding hydrogens is 254 g/mol. The SMILES string of the molecule is CCC1CCC(c2noc(C3COCCC3N)n2)CC1. The molecule has 2 unspecified atom stereocenters. The Labute approximate surface area is 120 Å². The minimum Gasteiger partial charge on any atom is -0.381 e. The Morgan fingerprint density at radius 1 is 1.20 bits per heavy atom. The van der Waals surface area contributed by atoms with Crippen LogP contribution in [0.5, 0.6) is 0 Å². The predicted octanol–water partition coefficient (Wildman–Crippen LogP) is 2.58. The predicted molar refractivity (Wildman–Crippen MR) is 75.4 cm³/mol. The standard InChI is InChI=1S/C15H25N3O2/c1-2-10-3-5-11(6-4-10)14-17-15(20-18-14)12-9-19-8-7-13(12)16/h10-13H,2-9,16H2,1H3. The molecule has 2 N–H and O–H groups in total. The summed E-state index contributed by atoms with van der Waals surface area (Å²) in [5, 5.41) is 4.20. The molecule has 1 saturated heterocycles. The number of nitrogens with two attached hydrogens (primary N) is 1. The smallest absolute Gasteiger partial charge is 0.233 e. The van der Waals surface area contributed by atoms with E-state index in [1.165, 1.54) is 32.1 Å². The fourth-order valence-electron chi connectivity index (χ4n) is 3.40. The highest BCUT2D eigenvalue weighted by molar-refractivity contribution is 5.04. The second kappa shape index (κ2) is 6.22. The van der Waals surface area contributed by atoms with Gasteiger partial charge >= 0.3 is 0 Å². The molecule has 0 bridgehead atoms. The van der Waals surface area contributed by atoms with Gasteiger partial charge in [-0.2, -0.15) is 4.98 Å². The lowest BCUT2D eigenvalue weighted by Gasteiger charge is -2.26. The summed E-state index contributed by atoms with van der Waals surface area (Å²) in [6, 6.07) is 0.0767. The maximum absolute atomic E-state index is 6.13. The highest BCUT2D eigenvalue weighted by Crippen LogP contribution is 2.36. The van der Waals surface area contributed by atoms with E-state index in [4.69, 9.17) is 15.0 Å². The molecule has 1 aromatic heterocycles. The van der Waals surface area contributed by atoms with Crippen LogP contribution in [-0.4, -0.2) is 29.4 Å². The first-order valence-electron chi connectivity index (χ1n) is 7.94. The fraction of sp³-hybridized carbons (Fsp3) is 0.867. The van der Waals surface area contributed by atoms with E-state index < -0.39 is 0 Å². The second-order valence-corrected chi connectivity index (χ2v) is 6.25. The topological polar surface area (TPSA) is 74.2 Å². The number of hydrogen-bond donors (Lipinski definition) is 1. The average molecular weight is 279 g/mol. The van der Waals surface area contributed by atoms with Crippen LogP contribution in [-0.2, 0) is 4.74 Å². The summed E-state index contributed by atoms with van der Waals surface area (Å²) in [7, 11) is 0. The summed E-state index contributed by atoms with van der Waals surface area (Å²) in [6.45, 7) is 3.62. The number of ether oxygens (including phenoxy) is 1. The van der Waals surface area contributed by atoms with Crippen LogP contribution in [0.1, 0.15) is 69.0 Å². The van der Waals surface area contributed by atoms with Crippen molar-refractivity contribution in [3.8, 4) is 0 Å². The third-order valence-electron chi connectivity index (χ3n) is 4.97. The van der Waals surface area contributed by atoms with E-state index in [1.807, 2.05) is 0 Å². The fourth-order valence-corrected chi connectivity index (χ4v) is 3.40. The van der Waals surface area contributed by atoms with Gasteiger partial charge in [-0.1, -0.05) is 18.5 Å². The Morgan fingerprint density at radius 2 is 2.00 bits per heavy atom. The molecule has 1 saturated carbocycles. The Morgan fingerprint density at radius 3 is 2.70 bits per heavy atom. The zero-order valence-corrected chi connectivity index (χ0v) is 12.3. The number of rotatable bonds is 3. The van der Waals surface area contributed by atoms with E-state index in [0.29, 0.717) is 18.4 Å². The third kappa shape index (κ3) is 2.88. The van der Waals surface area contributed by atoms with E-state index >= 15 is 0 Å². The van der Waals surface area contributed by atoms with Gasteiger partial charge in [-0.25, -0.2) is 0 Å². The van der Waals surface area contributed by atoms with Gasteiger partial charge in [0.1, 0.15) is 0 Å². The molecule has 20 heavy (non-hydrogen) atoms. The molecule has 0 aromatic carbocycles. The molecule has 0 spiro atoms. The quantitative estimate of drug-likeness (QED) is 0.920. The molecule has 3 rings (SSSR count). The lowest BCUT2D eigenvalue weighted by atomic mass is 9.80. The molecule has 0 amide bonds. The van der Waals surface area contributed by atoms with Crippen LogP contribution in [0.25, 0.3) is 0 Å². The highest BCUT2D eigenvalue weighted by Gasteiger charge is 2.31. The van der Waals surface area contributed by atoms with Crippen molar-refractivity contribution in [3.05, 3.63) is 11.7 Å². The van der Waals surface area contributed by atoms with Crippen molar-refractivity contribution in [1.82, 2.24) is 10.1 Å². The van der Waals surface area contributed by atoms with Crippen LogP contribution in [0, 0.1) is 5.92 Å². The van der Waals surface area contributed by atoms with Gasteiger partial charge in [0.25, 0.3) is 0 Å². The van der Waals surface area contributed by atoms with E-state index in [2.05, 4.69) is 17.1 Å². The second-order valence-electron chi connectivity index (χ2n) is 6.25. The summed E-state index contributed by atoms with van der Waals surface area (Å²) in [5.74, 6) is 2.97. The van der Waals surface area contributed by atoms with Gasteiger partial charge < -0.3 is 15.0 Å². The first-order chi connectivity index (χ1) is 9.78. The maximum Gasteiger partial charge on any atom is 0.233 e. The molecule has 2 heterocycles. The zero-order chi connectivity index (χ0) is 13.9. The summed E-state index contributed by atoms with van der Waals surface area (Å²) in [5.41, 5.74) is 6.13. The number of nitrogens with zero attached hydrogens (tertiary/aromatic N) is 2. The van der Waals surface area contributed by atoms with Gasteiger partial charge in [0.15, 0.2) is 5.82 Å². The molecule has 0 radical (unpaired) electrons. The number of hydrogen-bond acceptors (Lipinski definition) is 5. The largest absolute Gasteiger partial charge is 0.381 e. The van der Waals surface area contributed by atoms with Crippen LogP contribution >= 0.6 is 0 Å². The summed E-state index contributed by atoms with van der Waals surface area (Å²) < 4.78 is 10.9. The first kappa shape index (κ1) is 14.0. The van der Waals surface area contributed by atoms with E-state index in [0.717, 1.165) is 24.8 Å². The van der Waals surface area contributed by atoms with Gasteiger partial charge in [-0.05, 0) is 38.0 Å². The molecule has 1 aliphatic carbocycles. The molecule has 2 aliphatic rings. The molecule has 5 heteroatoms. The average Bonchev–Trinajstić information content (AvgIpc) is 2.97. The van der Waals surface area contributed by atoms with Gasteiger partial charge in [-0.3, -0.25) is 0 Å². The molecule has 2 fully saturated rings. The Kier molecular flexibility index (Phi) is 4.36. The van der Waals surface area contributed by atoms with Crippen molar-refractivity contribution in [2.24, 2.45) is 11.7 Å². The monoisotopic (exact) mass is 279 g/mol. The summed E-state index contributed by atoms with van der Waals surface area (Å²) in [6.07, 6.45) is 7.10. The van der Waals surface area contributed by atoms with Crippen LogP contribution in [0.3, 0.4) is 0 Å². The van der Waals surface area contributed by atoms with Crippen LogP contribution < -0.4 is 5.73 Å². The zero-order valence-electron chi connectivity index (χ0n) is 12.3.